The van der Waals surface area contributed by atoms with Crippen LogP contribution in [0.1, 0.15) is 54.4 Å². The Morgan fingerprint density at radius 1 is 1.44 bits per heavy atom. The molecule has 3 heteroatoms. The molecule has 0 spiro atoms. The van der Waals surface area contributed by atoms with Crippen molar-refractivity contribution < 1.29 is 9.47 Å². The van der Waals surface area contributed by atoms with E-state index in [-0.39, 0.29) is 11.7 Å². The van der Waals surface area contributed by atoms with Gasteiger partial charge in [-0.2, -0.15) is 5.26 Å². The number of hydrogen-bond donors (Lipinski definition) is 0. The van der Waals surface area contributed by atoms with Crippen LogP contribution in [0.5, 0.6) is 0 Å². The Morgan fingerprint density at radius 3 is 2.44 bits per heavy atom. The highest BCUT2D eigenvalue weighted by Crippen LogP contribution is 2.38. The molecule has 1 aliphatic heterocycles. The molecule has 0 bridgehead atoms. The van der Waals surface area contributed by atoms with Gasteiger partial charge in [0.1, 0.15) is 17.5 Å². The van der Waals surface area contributed by atoms with Crippen LogP contribution in [-0.2, 0) is 9.47 Å². The predicted molar refractivity (Wildman–Crippen MR) is 73.7 cm³/mol. The number of hydrogen-bond acceptors (Lipinski definition) is 3. The molecule has 1 saturated heterocycles. The summed E-state index contributed by atoms with van der Waals surface area (Å²) in [5, 5.41) is 8.67. The first-order chi connectivity index (χ1) is 8.60. The first-order valence-electron chi connectivity index (χ1n) is 6.66. The zero-order valence-corrected chi connectivity index (χ0v) is 12.4. The van der Waals surface area contributed by atoms with Crippen LogP contribution in [0.25, 0.3) is 0 Å². The molecule has 18 heavy (non-hydrogen) atoms. The van der Waals surface area contributed by atoms with E-state index >= 15 is 0 Å². The van der Waals surface area contributed by atoms with Crippen LogP contribution in [0.3, 0.4) is 0 Å². The molecular formula is C15H25NO2. The van der Waals surface area contributed by atoms with E-state index in [4.69, 9.17) is 14.7 Å². The van der Waals surface area contributed by atoms with Gasteiger partial charge in [0.15, 0.2) is 0 Å². The van der Waals surface area contributed by atoms with Gasteiger partial charge in [-0.05, 0) is 33.3 Å². The first-order valence-corrected chi connectivity index (χ1v) is 6.66. The zero-order valence-electron chi connectivity index (χ0n) is 12.4. The Kier molecular flexibility index (Phi) is 7.19. The third-order valence-corrected chi connectivity index (χ3v) is 3.12. The third kappa shape index (κ3) is 3.80. The second-order valence-corrected chi connectivity index (χ2v) is 4.20. The number of ether oxygens (including phenoxy) is 2. The van der Waals surface area contributed by atoms with Crippen LogP contribution in [0.2, 0.25) is 0 Å². The quantitative estimate of drug-likeness (QED) is 0.686. The standard InChI is InChI=1S/C13H19NO2.C2H6/c1-5-10-11(6-2)16-13(4,7-3)8-12(10)15-9-14;1-2/h5-6,12H,7-8H2,1-4H3;1-2H3/b10-5+,11-6+;. The summed E-state index contributed by atoms with van der Waals surface area (Å²) in [7, 11) is 0. The maximum Gasteiger partial charge on any atom is 0.286 e. The maximum absolute atomic E-state index is 8.67. The van der Waals surface area contributed by atoms with Crippen LogP contribution in [0.4, 0.5) is 0 Å². The van der Waals surface area contributed by atoms with Crippen LogP contribution >= 0.6 is 0 Å². The van der Waals surface area contributed by atoms with E-state index in [0.717, 1.165) is 17.8 Å². The van der Waals surface area contributed by atoms with Gasteiger partial charge in [0.05, 0.1) is 0 Å². The smallest absolute Gasteiger partial charge is 0.286 e. The summed E-state index contributed by atoms with van der Waals surface area (Å²) in [6, 6.07) is 0. The number of allylic oxidation sites excluding steroid dienone is 2. The number of nitriles is 1. The number of nitrogens with zero attached hydrogens (tertiary/aromatic N) is 1. The molecule has 0 saturated carbocycles. The summed E-state index contributed by atoms with van der Waals surface area (Å²) < 4.78 is 11.1. The van der Waals surface area contributed by atoms with E-state index in [2.05, 4.69) is 13.8 Å². The van der Waals surface area contributed by atoms with Crippen molar-refractivity contribution in [1.29, 1.82) is 5.26 Å². The van der Waals surface area contributed by atoms with E-state index < -0.39 is 0 Å². The van der Waals surface area contributed by atoms with Crippen LogP contribution < -0.4 is 0 Å². The molecule has 1 aliphatic rings. The molecule has 1 fully saturated rings. The van der Waals surface area contributed by atoms with Crippen molar-refractivity contribution in [3.05, 3.63) is 23.5 Å². The summed E-state index contributed by atoms with van der Waals surface area (Å²) in [6.45, 7) is 12.0. The van der Waals surface area contributed by atoms with Gasteiger partial charge in [-0.15, -0.1) is 0 Å². The molecule has 1 rings (SSSR count). The van der Waals surface area contributed by atoms with E-state index in [0.29, 0.717) is 6.42 Å². The van der Waals surface area contributed by atoms with Gasteiger partial charge < -0.3 is 9.47 Å². The van der Waals surface area contributed by atoms with Gasteiger partial charge in [0.2, 0.25) is 0 Å². The average Bonchev–Trinajstić information content (AvgIpc) is 2.41. The summed E-state index contributed by atoms with van der Waals surface area (Å²) in [5.74, 6) is 0.832. The average molecular weight is 251 g/mol. The minimum Gasteiger partial charge on any atom is -0.487 e. The van der Waals surface area contributed by atoms with Gasteiger partial charge in [-0.1, -0.05) is 26.8 Å². The predicted octanol–water partition coefficient (Wildman–Crippen LogP) is 4.32. The van der Waals surface area contributed by atoms with E-state index in [1.54, 1.807) is 6.26 Å². The van der Waals surface area contributed by atoms with Gasteiger partial charge in [0, 0.05) is 12.0 Å². The fraction of sp³-hybridized carbons (Fsp3) is 0.667. The Labute approximate surface area is 111 Å². The number of rotatable bonds is 2. The zero-order chi connectivity index (χ0) is 14.2. The van der Waals surface area contributed by atoms with Crippen molar-refractivity contribution in [3.63, 3.8) is 0 Å². The molecule has 0 aromatic rings. The highest BCUT2D eigenvalue weighted by atomic mass is 16.5. The third-order valence-electron chi connectivity index (χ3n) is 3.12. The highest BCUT2D eigenvalue weighted by molar-refractivity contribution is 5.32. The molecule has 2 atom stereocenters. The van der Waals surface area contributed by atoms with Crippen molar-refractivity contribution in [1.82, 2.24) is 0 Å². The van der Waals surface area contributed by atoms with Crippen molar-refractivity contribution >= 4 is 0 Å². The molecule has 0 aliphatic carbocycles. The van der Waals surface area contributed by atoms with Crippen molar-refractivity contribution in [2.75, 3.05) is 0 Å². The van der Waals surface area contributed by atoms with E-state index in [1.807, 2.05) is 39.8 Å². The van der Waals surface area contributed by atoms with Crippen LogP contribution in [0, 0.1) is 11.5 Å². The molecule has 0 radical (unpaired) electrons. The lowest BCUT2D eigenvalue weighted by molar-refractivity contribution is -0.0439. The van der Waals surface area contributed by atoms with Crippen LogP contribution in [-0.4, -0.2) is 11.7 Å². The fourth-order valence-corrected chi connectivity index (χ4v) is 1.97. The minimum absolute atomic E-state index is 0.181. The molecule has 1 heterocycles. The molecule has 0 aromatic heterocycles. The normalized spacial score (nSPS) is 31.1. The lowest BCUT2D eigenvalue weighted by atomic mass is 9.87. The summed E-state index contributed by atoms with van der Waals surface area (Å²) in [6.07, 6.45) is 7.09. The van der Waals surface area contributed by atoms with Gasteiger partial charge in [-0.3, -0.25) is 0 Å². The van der Waals surface area contributed by atoms with Gasteiger partial charge >= 0.3 is 0 Å². The molecule has 0 aromatic carbocycles. The fourth-order valence-electron chi connectivity index (χ4n) is 1.97. The summed E-state index contributed by atoms with van der Waals surface area (Å²) in [4.78, 5) is 0. The molecule has 0 amide bonds. The van der Waals surface area contributed by atoms with Gasteiger partial charge in [-0.25, -0.2) is 0 Å². The molecule has 3 nitrogen and oxygen atoms in total. The molecule has 0 N–H and O–H groups in total. The Hall–Kier alpha value is -1.43. The Morgan fingerprint density at radius 2 is 2.06 bits per heavy atom. The monoisotopic (exact) mass is 251 g/mol. The van der Waals surface area contributed by atoms with E-state index in [9.17, 15) is 0 Å². The lowest BCUT2D eigenvalue weighted by Crippen LogP contribution is -2.39. The molecule has 2 unspecified atom stereocenters. The Balaban J connectivity index is 0.00000137. The largest absolute Gasteiger partial charge is 0.487 e. The second kappa shape index (κ2) is 7.81. The maximum atomic E-state index is 8.67. The van der Waals surface area contributed by atoms with Crippen LogP contribution in [0.15, 0.2) is 23.5 Å². The van der Waals surface area contributed by atoms with Crippen molar-refractivity contribution in [3.8, 4) is 6.26 Å². The second-order valence-electron chi connectivity index (χ2n) is 4.20. The summed E-state index contributed by atoms with van der Waals surface area (Å²) >= 11 is 0. The summed E-state index contributed by atoms with van der Waals surface area (Å²) in [5.41, 5.74) is 0.727. The topological polar surface area (TPSA) is 42.2 Å². The Bertz CT molecular complexity index is 352. The highest BCUT2D eigenvalue weighted by Gasteiger charge is 2.38. The molecule has 102 valence electrons. The SMILES string of the molecule is C/C=C1\C(=C/C)OC(C)(CC)CC1OC#N.CC. The van der Waals surface area contributed by atoms with Gasteiger partial charge in [0.25, 0.3) is 6.26 Å². The minimum atomic E-state index is -0.240. The van der Waals surface area contributed by atoms with Crippen molar-refractivity contribution in [2.45, 2.75) is 66.1 Å². The molecular weight excluding hydrogens is 226 g/mol. The van der Waals surface area contributed by atoms with E-state index in [1.165, 1.54) is 0 Å². The van der Waals surface area contributed by atoms with Crippen molar-refractivity contribution in [2.24, 2.45) is 0 Å². The first kappa shape index (κ1) is 16.6. The lowest BCUT2D eigenvalue weighted by Gasteiger charge is -2.39.